The van der Waals surface area contributed by atoms with Crippen LogP contribution in [-0.4, -0.2) is 95.3 Å². The number of ether oxygens (including phenoxy) is 3. The van der Waals surface area contributed by atoms with E-state index in [9.17, 15) is 19.2 Å². The molecule has 0 unspecified atom stereocenters. The second-order valence-electron chi connectivity index (χ2n) is 21.7. The monoisotopic (exact) mass is 923 g/mol. The molecule has 7 aliphatic heterocycles. The zero-order chi connectivity index (χ0) is 47.4. The Balaban J connectivity index is 1.01. The molecule has 5 amide bonds. The van der Waals surface area contributed by atoms with Crippen LogP contribution in [0.2, 0.25) is 0 Å². The molecule has 15 heteroatoms. The fourth-order valence-corrected chi connectivity index (χ4v) is 13.6. The number of benzene rings is 2. The molecular formula is C52H70N6O9. The van der Waals surface area contributed by atoms with Gasteiger partial charge in [-0.1, -0.05) is 38.0 Å². The van der Waals surface area contributed by atoms with E-state index in [1.807, 2.05) is 13.8 Å². The highest BCUT2D eigenvalue weighted by Crippen LogP contribution is 2.70. The standard InChI is InChI=1S/C52H70N6O9/c1-30(2)57-26-45(59)53-35-10-14-38(15-11-35)66-39-16-12-36(13-17-39)54-49(62)58(31(3)4)47(61)29-65-56-44-25-41-40(18-9-34-23-37(20-21-50(34,41)7)55-64-28-46(57)60)42-24-43-48(51(42,44)8)33(6)52(67-43)22-19-32(5)27-63-52/h10-17,30-34,40-43,48H,9,18-29H2,1-8H3,(H,53,59)(H,54,62)/b55-37?,56-44-/t32-,33+,34-,40-,41+,42+,43+,48+,50+,51-,52-/m1/s1. The topological polar surface area (TPSA) is 170 Å². The molecule has 2 aromatic rings. The van der Waals surface area contributed by atoms with E-state index in [1.165, 1.54) is 9.80 Å². The lowest BCUT2D eigenvalue weighted by Gasteiger charge is -2.60. The van der Waals surface area contributed by atoms with Gasteiger partial charge in [-0.3, -0.25) is 19.3 Å². The van der Waals surface area contributed by atoms with Crippen molar-refractivity contribution in [1.29, 1.82) is 0 Å². The minimum atomic E-state index is -0.607. The van der Waals surface area contributed by atoms with Gasteiger partial charge in [0.1, 0.15) is 18.0 Å². The normalized spacial score (nSPS) is 36.9. The van der Waals surface area contributed by atoms with Crippen molar-refractivity contribution in [3.05, 3.63) is 48.5 Å². The maximum absolute atomic E-state index is 14.0. The van der Waals surface area contributed by atoms with E-state index in [1.54, 1.807) is 62.4 Å². The molecule has 2 N–H and O–H groups in total. The number of hydrogen-bond donors (Lipinski definition) is 2. The number of carbonyl (C=O) groups is 4. The summed E-state index contributed by atoms with van der Waals surface area (Å²) in [6.07, 6.45) is 8.26. The first-order valence-corrected chi connectivity index (χ1v) is 24.8. The Labute approximate surface area is 395 Å². The lowest BCUT2D eigenvalue weighted by Crippen LogP contribution is -2.58. The second kappa shape index (κ2) is 18.5. The maximum atomic E-state index is 14.0. The number of rotatable bonds is 2. The zero-order valence-electron chi connectivity index (χ0n) is 40.5. The molecule has 2 aromatic carbocycles. The van der Waals surface area contributed by atoms with Crippen molar-refractivity contribution in [3.63, 3.8) is 0 Å². The average Bonchev–Trinajstić information content (AvgIpc) is 3.74. The summed E-state index contributed by atoms with van der Waals surface area (Å²) in [5.74, 6) is 1.57. The number of urea groups is 1. The van der Waals surface area contributed by atoms with E-state index < -0.39 is 23.8 Å². The fraction of sp³-hybridized carbons (Fsp3) is 0.654. The number of carbonyl (C=O) groups excluding carboxylic acids is 4. The number of nitrogens with one attached hydrogen (secondary N) is 2. The molecule has 6 fully saturated rings. The molecule has 2 saturated heterocycles. The quantitative estimate of drug-likeness (QED) is 0.298. The summed E-state index contributed by atoms with van der Waals surface area (Å²) >= 11 is 0. The van der Waals surface area contributed by atoms with Gasteiger partial charge in [0.25, 0.3) is 11.8 Å². The van der Waals surface area contributed by atoms with Crippen molar-refractivity contribution in [2.45, 2.75) is 137 Å². The number of anilines is 2. The summed E-state index contributed by atoms with van der Waals surface area (Å²) < 4.78 is 19.8. The zero-order valence-corrected chi connectivity index (χ0v) is 40.5. The molecule has 1 spiro atoms. The highest BCUT2D eigenvalue weighted by molar-refractivity contribution is 6.02. The van der Waals surface area contributed by atoms with Crippen LogP contribution < -0.4 is 15.4 Å². The van der Waals surface area contributed by atoms with Gasteiger partial charge < -0.3 is 39.4 Å². The number of oxime groups is 2. The molecule has 4 aliphatic carbocycles. The summed E-state index contributed by atoms with van der Waals surface area (Å²) in [5.41, 5.74) is 2.63. The van der Waals surface area contributed by atoms with Gasteiger partial charge in [-0.15, -0.1) is 0 Å². The van der Waals surface area contributed by atoms with Gasteiger partial charge >= 0.3 is 6.03 Å². The number of fused-ring (bicyclic) bond motifs is 5. The van der Waals surface area contributed by atoms with Crippen LogP contribution in [0.25, 0.3) is 0 Å². The highest BCUT2D eigenvalue weighted by atomic mass is 16.7. The van der Waals surface area contributed by atoms with Crippen molar-refractivity contribution in [2.24, 2.45) is 62.6 Å². The molecule has 362 valence electrons. The SMILES string of the molecule is CC(C)N1CC(=O)Nc2ccc(cc2)Oc2ccc(cc2)NC(=O)N(C(C)C)C(=O)CO/N=C2/C[C@H]3[C@@H](CC[C@@H]4CC(=NOCC1=O)CC[C@@]43C)[C@@H]1C[C@@H]3O[C@]4(CC[C@@H](C)CO4)[C@@H](C)[C@@H]3[C@@]21C. The van der Waals surface area contributed by atoms with Crippen molar-refractivity contribution < 1.29 is 43.1 Å². The van der Waals surface area contributed by atoms with Gasteiger partial charge in [0.2, 0.25) is 5.91 Å². The molecule has 11 atom stereocenters. The van der Waals surface area contributed by atoms with E-state index in [2.05, 4.69) is 43.5 Å². The largest absolute Gasteiger partial charge is 0.457 e. The number of hydrogen-bond acceptors (Lipinski definition) is 11. The molecule has 7 heterocycles. The summed E-state index contributed by atoms with van der Waals surface area (Å²) in [4.78, 5) is 69.1. The predicted molar refractivity (Wildman–Crippen MR) is 253 cm³/mol. The van der Waals surface area contributed by atoms with Crippen molar-refractivity contribution >= 4 is 46.6 Å². The van der Waals surface area contributed by atoms with Crippen LogP contribution >= 0.6 is 0 Å². The first-order valence-electron chi connectivity index (χ1n) is 24.8. The smallest absolute Gasteiger partial charge is 0.328 e. The van der Waals surface area contributed by atoms with Crippen LogP contribution in [0.1, 0.15) is 113 Å². The van der Waals surface area contributed by atoms with Gasteiger partial charge in [0.15, 0.2) is 19.0 Å². The van der Waals surface area contributed by atoms with E-state index in [-0.39, 0.29) is 66.4 Å². The summed E-state index contributed by atoms with van der Waals surface area (Å²) in [6.45, 7) is 16.6. The molecule has 9 bridgehead atoms. The minimum absolute atomic E-state index is 0.0117. The third-order valence-corrected chi connectivity index (χ3v) is 17.1. The van der Waals surface area contributed by atoms with Crippen LogP contribution in [0.15, 0.2) is 58.8 Å². The molecule has 0 aromatic heterocycles. The Kier molecular flexibility index (Phi) is 13.0. The van der Waals surface area contributed by atoms with Crippen molar-refractivity contribution in [3.8, 4) is 11.5 Å². The number of imide groups is 1. The molecule has 15 nitrogen and oxygen atoms in total. The summed E-state index contributed by atoms with van der Waals surface area (Å²) in [7, 11) is 0. The van der Waals surface area contributed by atoms with E-state index >= 15 is 0 Å². The van der Waals surface area contributed by atoms with Gasteiger partial charge in [-0.25, -0.2) is 4.79 Å². The van der Waals surface area contributed by atoms with E-state index in [0.29, 0.717) is 59.1 Å². The van der Waals surface area contributed by atoms with Crippen LogP contribution in [0, 0.1) is 52.3 Å². The second-order valence-corrected chi connectivity index (χ2v) is 21.7. The lowest BCUT2D eigenvalue weighted by molar-refractivity contribution is -0.272. The number of amides is 5. The summed E-state index contributed by atoms with van der Waals surface area (Å²) in [5, 5.41) is 15.3. The molecular weight excluding hydrogens is 853 g/mol. The van der Waals surface area contributed by atoms with Gasteiger partial charge in [0.05, 0.1) is 24.1 Å². The molecule has 67 heavy (non-hydrogen) atoms. The van der Waals surface area contributed by atoms with Gasteiger partial charge in [0, 0.05) is 47.1 Å². The number of nitrogens with zero attached hydrogens (tertiary/aromatic N) is 4. The first kappa shape index (κ1) is 47.1. The van der Waals surface area contributed by atoms with Crippen LogP contribution in [-0.2, 0) is 33.5 Å². The molecule has 13 rings (SSSR count). The van der Waals surface area contributed by atoms with Crippen LogP contribution in [0.5, 0.6) is 11.5 Å². The third-order valence-electron chi connectivity index (χ3n) is 17.1. The van der Waals surface area contributed by atoms with Gasteiger partial charge in [-0.05, 0) is 163 Å². The van der Waals surface area contributed by atoms with Crippen molar-refractivity contribution in [1.82, 2.24) is 9.80 Å². The van der Waals surface area contributed by atoms with E-state index in [0.717, 1.165) is 69.2 Å². The van der Waals surface area contributed by atoms with Crippen molar-refractivity contribution in [2.75, 3.05) is 37.0 Å². The van der Waals surface area contributed by atoms with Crippen LogP contribution in [0.3, 0.4) is 0 Å². The lowest BCUT2D eigenvalue weighted by atomic mass is 9.44. The average molecular weight is 923 g/mol. The van der Waals surface area contributed by atoms with Crippen LogP contribution in [0.4, 0.5) is 16.2 Å². The Bertz CT molecular complexity index is 2260. The first-order chi connectivity index (χ1) is 32.0. The maximum Gasteiger partial charge on any atom is 0.328 e. The summed E-state index contributed by atoms with van der Waals surface area (Å²) in [6, 6.07) is 12.5. The third kappa shape index (κ3) is 8.83. The molecule has 4 saturated carbocycles. The Morgan fingerprint density at radius 2 is 1.43 bits per heavy atom. The molecule has 0 radical (unpaired) electrons. The minimum Gasteiger partial charge on any atom is -0.457 e. The fourth-order valence-electron chi connectivity index (χ4n) is 13.6. The van der Waals surface area contributed by atoms with E-state index in [4.69, 9.17) is 29.0 Å². The highest BCUT2D eigenvalue weighted by Gasteiger charge is 2.71. The Morgan fingerprint density at radius 1 is 0.761 bits per heavy atom. The Morgan fingerprint density at radius 3 is 2.09 bits per heavy atom. The predicted octanol–water partition coefficient (Wildman–Crippen LogP) is 9.24. The van der Waals surface area contributed by atoms with Gasteiger partial charge in [-0.2, -0.15) is 0 Å². The Hall–Kier alpha value is -5.02. The molecule has 11 aliphatic rings.